The van der Waals surface area contributed by atoms with Crippen molar-refractivity contribution in [3.05, 3.63) is 59.5 Å². The molecule has 3 rings (SSSR count). The van der Waals surface area contributed by atoms with Gasteiger partial charge in [-0.05, 0) is 30.4 Å². The molecule has 0 amide bonds. The molecule has 4 atom stereocenters. The molecule has 2 aromatic rings. The van der Waals surface area contributed by atoms with Crippen LogP contribution >= 0.6 is 0 Å². The van der Waals surface area contributed by atoms with Crippen LogP contribution in [0.2, 0.25) is 0 Å². The van der Waals surface area contributed by atoms with E-state index in [1.165, 1.54) is 0 Å². The zero-order chi connectivity index (χ0) is 21.7. The van der Waals surface area contributed by atoms with E-state index in [1.54, 1.807) is 6.26 Å². The fourth-order valence-corrected chi connectivity index (χ4v) is 3.60. The Labute approximate surface area is 178 Å². The van der Waals surface area contributed by atoms with Crippen molar-refractivity contribution in [3.63, 3.8) is 0 Å². The summed E-state index contributed by atoms with van der Waals surface area (Å²) >= 11 is 0. The number of carbonyl (C=O) groups excluding carboxylic acids is 1. The minimum atomic E-state index is -0.267. The maximum Gasteiger partial charge on any atom is 0.310 e. The van der Waals surface area contributed by atoms with E-state index in [2.05, 4.69) is 44.1 Å². The lowest BCUT2D eigenvalue weighted by Gasteiger charge is -2.07. The van der Waals surface area contributed by atoms with E-state index >= 15 is 0 Å². The number of furan rings is 1. The van der Waals surface area contributed by atoms with Crippen LogP contribution in [0.3, 0.4) is 0 Å². The second-order valence-electron chi connectivity index (χ2n) is 8.52. The van der Waals surface area contributed by atoms with Gasteiger partial charge in [-0.3, -0.25) is 4.79 Å². The smallest absolute Gasteiger partial charge is 0.310 e. The number of ether oxygens (including phenoxy) is 1. The van der Waals surface area contributed by atoms with Crippen molar-refractivity contribution in [2.45, 2.75) is 52.7 Å². The van der Waals surface area contributed by atoms with Crippen molar-refractivity contribution in [1.29, 1.82) is 0 Å². The van der Waals surface area contributed by atoms with Gasteiger partial charge in [0.05, 0.1) is 12.2 Å². The quantitative estimate of drug-likeness (QED) is 0.283. The van der Waals surface area contributed by atoms with Gasteiger partial charge in [0.25, 0.3) is 0 Å². The van der Waals surface area contributed by atoms with Crippen LogP contribution in [0.1, 0.15) is 56.9 Å². The van der Waals surface area contributed by atoms with Gasteiger partial charge in [-0.1, -0.05) is 57.0 Å². The minimum absolute atomic E-state index is 0.0744. The number of esters is 1. The largest absolute Gasteiger partial charge is 0.467 e. The number of hydrazone groups is 1. The Morgan fingerprint density at radius 2 is 2.13 bits per heavy atom. The molecule has 1 aliphatic rings. The molecule has 4 unspecified atom stereocenters. The van der Waals surface area contributed by atoms with Gasteiger partial charge in [0.2, 0.25) is 0 Å². The van der Waals surface area contributed by atoms with E-state index in [0.717, 1.165) is 17.5 Å². The molecule has 0 spiro atoms. The highest BCUT2D eigenvalue weighted by Gasteiger charge is 2.62. The molecular weight excluding hydrogens is 376 g/mol. The van der Waals surface area contributed by atoms with Crippen LogP contribution in [0.5, 0.6) is 0 Å². The summed E-state index contributed by atoms with van der Waals surface area (Å²) in [6.07, 6.45) is 10.1. The van der Waals surface area contributed by atoms with Gasteiger partial charge in [0.15, 0.2) is 0 Å². The molecule has 1 aromatic carbocycles. The second-order valence-corrected chi connectivity index (χ2v) is 8.52. The number of hydrogen-bond donors (Lipinski definition) is 1. The molecule has 0 aliphatic heterocycles. The van der Waals surface area contributed by atoms with Crippen LogP contribution < -0.4 is 5.43 Å². The van der Waals surface area contributed by atoms with Gasteiger partial charge in [0, 0.05) is 23.7 Å². The maximum atomic E-state index is 12.6. The Kier molecular flexibility index (Phi) is 6.66. The number of hydrogen-bond acceptors (Lipinski definition) is 5. The third-order valence-electron chi connectivity index (χ3n) is 5.95. The average molecular weight is 407 g/mol. The summed E-state index contributed by atoms with van der Waals surface area (Å²) in [5.74, 6) is 2.85. The zero-order valence-corrected chi connectivity index (χ0v) is 18.1. The lowest BCUT2D eigenvalue weighted by molar-refractivity contribution is -0.147. The summed E-state index contributed by atoms with van der Waals surface area (Å²) in [7, 11) is 0. The molecule has 1 N–H and O–H groups in total. The molecular formula is C25H30N2O3. The van der Waals surface area contributed by atoms with Gasteiger partial charge in [-0.25, -0.2) is 0 Å². The first-order valence-corrected chi connectivity index (χ1v) is 10.4. The molecule has 1 heterocycles. The van der Waals surface area contributed by atoms with Crippen LogP contribution in [-0.2, 0) is 16.1 Å². The summed E-state index contributed by atoms with van der Waals surface area (Å²) in [4.78, 5) is 12.6. The van der Waals surface area contributed by atoms with Crippen molar-refractivity contribution in [2.75, 3.05) is 0 Å². The Bertz CT molecular complexity index is 923. The summed E-state index contributed by atoms with van der Waals surface area (Å²) in [5, 5.41) is 4.30. The normalized spacial score (nSPS) is 21.6. The van der Waals surface area contributed by atoms with Crippen molar-refractivity contribution in [1.82, 2.24) is 5.43 Å². The Morgan fingerprint density at radius 3 is 2.80 bits per heavy atom. The number of rotatable bonds is 9. The van der Waals surface area contributed by atoms with Crippen molar-refractivity contribution in [2.24, 2.45) is 22.4 Å². The highest BCUT2D eigenvalue weighted by atomic mass is 16.5. The SMILES string of the molecule is C#CC(c1ccccc1)c1cc(COC(=O)C2C(C=NNC(C)CC)C2(C)C)co1. The van der Waals surface area contributed by atoms with Gasteiger partial charge >= 0.3 is 5.97 Å². The molecule has 0 saturated heterocycles. The predicted molar refractivity (Wildman–Crippen MR) is 118 cm³/mol. The molecule has 1 saturated carbocycles. The Balaban J connectivity index is 1.56. The third kappa shape index (κ3) is 4.76. The van der Waals surface area contributed by atoms with Crippen LogP contribution in [0.25, 0.3) is 0 Å². The molecule has 1 fully saturated rings. The highest BCUT2D eigenvalue weighted by molar-refractivity contribution is 5.85. The predicted octanol–water partition coefficient (Wildman–Crippen LogP) is 4.73. The molecule has 5 heteroatoms. The molecule has 30 heavy (non-hydrogen) atoms. The van der Waals surface area contributed by atoms with Crippen molar-refractivity contribution < 1.29 is 13.9 Å². The summed E-state index contributed by atoms with van der Waals surface area (Å²) in [6.45, 7) is 8.46. The lowest BCUT2D eigenvalue weighted by atomic mass is 9.97. The number of carbonyl (C=O) groups is 1. The van der Waals surface area contributed by atoms with Gasteiger partial charge in [-0.2, -0.15) is 5.10 Å². The summed E-state index contributed by atoms with van der Waals surface area (Å²) in [5.41, 5.74) is 4.71. The third-order valence-corrected chi connectivity index (χ3v) is 5.95. The molecule has 158 valence electrons. The van der Waals surface area contributed by atoms with Gasteiger partial charge < -0.3 is 14.6 Å². The fraction of sp³-hybridized carbons (Fsp3) is 0.440. The van der Waals surface area contributed by atoms with Crippen LogP contribution in [0.4, 0.5) is 0 Å². The summed E-state index contributed by atoms with van der Waals surface area (Å²) in [6, 6.07) is 12.0. The average Bonchev–Trinajstić information content (AvgIpc) is 3.05. The van der Waals surface area contributed by atoms with Crippen LogP contribution in [0, 0.1) is 29.6 Å². The van der Waals surface area contributed by atoms with Gasteiger partial charge in [0.1, 0.15) is 18.3 Å². The first kappa shape index (κ1) is 21.7. The highest BCUT2D eigenvalue weighted by Crippen LogP contribution is 2.57. The zero-order valence-electron chi connectivity index (χ0n) is 18.1. The second kappa shape index (κ2) is 9.21. The monoisotopic (exact) mass is 406 g/mol. The van der Waals surface area contributed by atoms with Gasteiger partial charge in [-0.15, -0.1) is 6.42 Å². The van der Waals surface area contributed by atoms with Crippen molar-refractivity contribution in [3.8, 4) is 12.3 Å². The van der Waals surface area contributed by atoms with E-state index in [1.807, 2.05) is 42.6 Å². The Hall–Kier alpha value is -3.00. The first-order chi connectivity index (χ1) is 14.4. The molecule has 0 radical (unpaired) electrons. The first-order valence-electron chi connectivity index (χ1n) is 10.4. The molecule has 5 nitrogen and oxygen atoms in total. The molecule has 1 aromatic heterocycles. The van der Waals surface area contributed by atoms with Crippen LogP contribution in [0.15, 0.2) is 52.2 Å². The van der Waals surface area contributed by atoms with E-state index in [0.29, 0.717) is 11.8 Å². The number of nitrogens with one attached hydrogen (secondary N) is 1. The van der Waals surface area contributed by atoms with Crippen molar-refractivity contribution >= 4 is 12.2 Å². The van der Waals surface area contributed by atoms with Crippen LogP contribution in [-0.4, -0.2) is 18.2 Å². The van der Waals surface area contributed by atoms with E-state index in [4.69, 9.17) is 15.6 Å². The molecule has 0 bridgehead atoms. The number of nitrogens with zero attached hydrogens (tertiary/aromatic N) is 1. The topological polar surface area (TPSA) is 63.8 Å². The van der Waals surface area contributed by atoms with E-state index in [-0.39, 0.29) is 35.7 Å². The summed E-state index contributed by atoms with van der Waals surface area (Å²) < 4.78 is 11.2. The number of terminal acetylenes is 1. The number of benzene rings is 1. The fourth-order valence-electron chi connectivity index (χ4n) is 3.60. The minimum Gasteiger partial charge on any atom is -0.467 e. The maximum absolute atomic E-state index is 12.6. The van der Waals surface area contributed by atoms with E-state index < -0.39 is 0 Å². The van der Waals surface area contributed by atoms with E-state index in [9.17, 15) is 4.79 Å². The lowest BCUT2D eigenvalue weighted by Crippen LogP contribution is -2.19. The Morgan fingerprint density at radius 1 is 1.40 bits per heavy atom. The molecule has 1 aliphatic carbocycles. The standard InChI is InChI=1S/C25H30N2O3/c1-6-17(3)27-26-14-21-23(25(21,4)5)24(28)30-16-18-13-22(29-15-18)20(7-2)19-11-9-8-10-12-19/h2,8-15,17,20-21,23,27H,6,16H2,1,3-5H3.